The maximum atomic E-state index is 8.97. The van der Waals surface area contributed by atoms with Gasteiger partial charge in [-0.15, -0.1) is 0 Å². The Hall–Kier alpha value is -1.31. The van der Waals surface area contributed by atoms with E-state index in [0.717, 1.165) is 18.2 Å². The van der Waals surface area contributed by atoms with Gasteiger partial charge < -0.3 is 9.52 Å². The molecule has 1 aromatic rings. The summed E-state index contributed by atoms with van der Waals surface area (Å²) in [6, 6.07) is 5.48. The Morgan fingerprint density at radius 2 is 2.31 bits per heavy atom. The van der Waals surface area contributed by atoms with Crippen LogP contribution >= 0.6 is 0 Å². The van der Waals surface area contributed by atoms with Crippen LogP contribution in [0.2, 0.25) is 0 Å². The summed E-state index contributed by atoms with van der Waals surface area (Å²) in [4.78, 5) is 2.18. The Morgan fingerprint density at radius 3 is 2.88 bits per heavy atom. The molecule has 86 valence electrons. The SMILES string of the molecule is N#Cc1ccc(CN(CCO)CC2CC2)o1. The van der Waals surface area contributed by atoms with Gasteiger partial charge in [0.1, 0.15) is 11.8 Å². The molecule has 1 aliphatic carbocycles. The minimum atomic E-state index is 0.165. The molecule has 1 saturated carbocycles. The highest BCUT2D eigenvalue weighted by Crippen LogP contribution is 2.30. The Labute approximate surface area is 95.1 Å². The van der Waals surface area contributed by atoms with Gasteiger partial charge in [0.25, 0.3) is 0 Å². The second kappa shape index (κ2) is 5.15. The van der Waals surface area contributed by atoms with E-state index in [2.05, 4.69) is 4.90 Å². The van der Waals surface area contributed by atoms with Crippen LogP contribution in [0, 0.1) is 17.2 Å². The summed E-state index contributed by atoms with van der Waals surface area (Å²) in [7, 11) is 0. The van der Waals surface area contributed by atoms with Crippen LogP contribution in [0.25, 0.3) is 0 Å². The zero-order chi connectivity index (χ0) is 11.4. The number of rotatable bonds is 6. The molecule has 16 heavy (non-hydrogen) atoms. The number of aliphatic hydroxyl groups excluding tert-OH is 1. The minimum Gasteiger partial charge on any atom is -0.449 e. The van der Waals surface area contributed by atoms with Crippen molar-refractivity contribution in [3.05, 3.63) is 23.7 Å². The van der Waals surface area contributed by atoms with Gasteiger partial charge in [-0.1, -0.05) is 0 Å². The maximum Gasteiger partial charge on any atom is 0.203 e. The molecule has 0 radical (unpaired) electrons. The number of furan rings is 1. The van der Waals surface area contributed by atoms with Crippen LogP contribution in [-0.4, -0.2) is 29.7 Å². The molecule has 2 rings (SSSR count). The van der Waals surface area contributed by atoms with Crippen LogP contribution in [0.5, 0.6) is 0 Å². The lowest BCUT2D eigenvalue weighted by molar-refractivity contribution is 0.175. The molecule has 1 heterocycles. The van der Waals surface area contributed by atoms with E-state index < -0.39 is 0 Å². The number of nitrogens with zero attached hydrogens (tertiary/aromatic N) is 2. The molecule has 0 aromatic carbocycles. The molecule has 0 atom stereocenters. The highest BCUT2D eigenvalue weighted by Gasteiger charge is 2.24. The molecular formula is C12H16N2O2. The number of hydrogen-bond acceptors (Lipinski definition) is 4. The van der Waals surface area contributed by atoms with E-state index >= 15 is 0 Å². The van der Waals surface area contributed by atoms with Crippen LogP contribution in [-0.2, 0) is 6.54 Å². The van der Waals surface area contributed by atoms with Gasteiger partial charge >= 0.3 is 0 Å². The number of hydrogen-bond donors (Lipinski definition) is 1. The topological polar surface area (TPSA) is 60.4 Å². The Bertz CT molecular complexity index is 377. The molecule has 0 saturated heterocycles. The first kappa shape index (κ1) is 11.2. The van der Waals surface area contributed by atoms with Crippen LogP contribution in [0.15, 0.2) is 16.5 Å². The van der Waals surface area contributed by atoms with Gasteiger partial charge in [-0.3, -0.25) is 4.90 Å². The summed E-state index contributed by atoms with van der Waals surface area (Å²) >= 11 is 0. The van der Waals surface area contributed by atoms with Crippen molar-refractivity contribution in [1.82, 2.24) is 4.90 Å². The van der Waals surface area contributed by atoms with Crippen LogP contribution in [0.4, 0.5) is 0 Å². The molecule has 0 amide bonds. The predicted octanol–water partition coefficient (Wildman–Crippen LogP) is 1.36. The Morgan fingerprint density at radius 1 is 1.50 bits per heavy atom. The van der Waals surface area contributed by atoms with E-state index in [-0.39, 0.29) is 6.61 Å². The quantitative estimate of drug-likeness (QED) is 0.786. The van der Waals surface area contributed by atoms with Gasteiger partial charge in [0.05, 0.1) is 13.2 Å². The first-order chi connectivity index (χ1) is 7.81. The molecule has 1 N–H and O–H groups in total. The standard InChI is InChI=1S/C12H16N2O2/c13-7-11-3-4-12(16-11)9-14(5-6-15)8-10-1-2-10/h3-4,10,15H,1-2,5-6,8-9H2. The first-order valence-corrected chi connectivity index (χ1v) is 5.64. The average Bonchev–Trinajstić information content (AvgIpc) is 2.96. The normalized spacial score (nSPS) is 15.3. The summed E-state index contributed by atoms with van der Waals surface area (Å²) < 4.78 is 5.33. The summed E-state index contributed by atoms with van der Waals surface area (Å²) in [5.74, 6) is 1.94. The zero-order valence-electron chi connectivity index (χ0n) is 9.22. The van der Waals surface area contributed by atoms with Crippen LogP contribution in [0.3, 0.4) is 0 Å². The molecule has 0 aliphatic heterocycles. The van der Waals surface area contributed by atoms with Gasteiger partial charge in [0.2, 0.25) is 5.76 Å². The minimum absolute atomic E-state index is 0.165. The van der Waals surface area contributed by atoms with Gasteiger partial charge in [-0.25, -0.2) is 0 Å². The molecule has 1 aromatic heterocycles. The molecule has 1 aliphatic rings. The molecule has 0 bridgehead atoms. The van der Waals surface area contributed by atoms with Gasteiger partial charge in [-0.05, 0) is 30.9 Å². The lowest BCUT2D eigenvalue weighted by Gasteiger charge is -2.19. The van der Waals surface area contributed by atoms with Crippen molar-refractivity contribution in [3.8, 4) is 6.07 Å². The molecule has 4 nitrogen and oxygen atoms in total. The average molecular weight is 220 g/mol. The summed E-state index contributed by atoms with van der Waals surface area (Å²) in [5, 5.41) is 17.6. The molecule has 0 unspecified atom stereocenters. The van der Waals surface area contributed by atoms with Crippen molar-refractivity contribution < 1.29 is 9.52 Å². The fraction of sp³-hybridized carbons (Fsp3) is 0.583. The summed E-state index contributed by atoms with van der Waals surface area (Å²) in [6.45, 7) is 2.53. The van der Waals surface area contributed by atoms with E-state index in [1.807, 2.05) is 12.1 Å². The van der Waals surface area contributed by atoms with Gasteiger partial charge in [-0.2, -0.15) is 5.26 Å². The Balaban J connectivity index is 1.90. The maximum absolute atomic E-state index is 8.97. The van der Waals surface area contributed by atoms with E-state index in [1.165, 1.54) is 12.8 Å². The largest absolute Gasteiger partial charge is 0.449 e. The second-order valence-electron chi connectivity index (χ2n) is 4.28. The van der Waals surface area contributed by atoms with Crippen molar-refractivity contribution in [3.63, 3.8) is 0 Å². The summed E-state index contributed by atoms with van der Waals surface area (Å²) in [6.07, 6.45) is 2.59. The van der Waals surface area contributed by atoms with Crippen molar-refractivity contribution >= 4 is 0 Å². The molecule has 1 fully saturated rings. The van der Waals surface area contributed by atoms with Crippen LogP contribution in [0.1, 0.15) is 24.4 Å². The number of nitriles is 1. The molecule has 0 spiro atoms. The fourth-order valence-electron chi connectivity index (χ4n) is 1.79. The lowest BCUT2D eigenvalue weighted by atomic mass is 10.3. The smallest absolute Gasteiger partial charge is 0.203 e. The highest BCUT2D eigenvalue weighted by atomic mass is 16.3. The van der Waals surface area contributed by atoms with Gasteiger partial charge in [0, 0.05) is 13.1 Å². The zero-order valence-corrected chi connectivity index (χ0v) is 9.22. The molecule has 4 heteroatoms. The molecular weight excluding hydrogens is 204 g/mol. The van der Waals surface area contributed by atoms with Crippen molar-refractivity contribution in [2.24, 2.45) is 5.92 Å². The van der Waals surface area contributed by atoms with Gasteiger partial charge in [0.15, 0.2) is 0 Å². The van der Waals surface area contributed by atoms with Crippen molar-refractivity contribution in [2.45, 2.75) is 19.4 Å². The van der Waals surface area contributed by atoms with Crippen LogP contribution < -0.4 is 0 Å². The third kappa shape index (κ3) is 3.09. The third-order valence-electron chi connectivity index (χ3n) is 2.78. The highest BCUT2D eigenvalue weighted by molar-refractivity contribution is 5.19. The fourth-order valence-corrected chi connectivity index (χ4v) is 1.79. The van der Waals surface area contributed by atoms with E-state index in [9.17, 15) is 0 Å². The van der Waals surface area contributed by atoms with E-state index in [1.54, 1.807) is 6.07 Å². The monoisotopic (exact) mass is 220 g/mol. The first-order valence-electron chi connectivity index (χ1n) is 5.64. The number of aliphatic hydroxyl groups is 1. The summed E-state index contributed by atoms with van der Waals surface area (Å²) in [5.41, 5.74) is 0. The van der Waals surface area contributed by atoms with E-state index in [4.69, 9.17) is 14.8 Å². The van der Waals surface area contributed by atoms with E-state index in [0.29, 0.717) is 18.8 Å². The third-order valence-corrected chi connectivity index (χ3v) is 2.78. The van der Waals surface area contributed by atoms with Crippen molar-refractivity contribution in [1.29, 1.82) is 5.26 Å². The Kier molecular flexibility index (Phi) is 3.60. The predicted molar refractivity (Wildman–Crippen MR) is 58.5 cm³/mol. The second-order valence-corrected chi connectivity index (χ2v) is 4.28. The van der Waals surface area contributed by atoms with Crippen molar-refractivity contribution in [2.75, 3.05) is 19.7 Å². The lowest BCUT2D eigenvalue weighted by Crippen LogP contribution is -2.28.